The molecule has 0 aliphatic carbocycles. The second kappa shape index (κ2) is 6.64. The molecular weight excluding hydrogens is 228 g/mol. The molecule has 96 valence electrons. The molecule has 0 bridgehead atoms. The zero-order valence-corrected chi connectivity index (χ0v) is 9.95. The summed E-state index contributed by atoms with van der Waals surface area (Å²) in [6.45, 7) is 4.48. The molecule has 17 heavy (non-hydrogen) atoms. The molecule has 0 amide bonds. The molecule has 0 aliphatic rings. The van der Waals surface area contributed by atoms with Gasteiger partial charge in [-0.3, -0.25) is 0 Å². The third-order valence-corrected chi connectivity index (χ3v) is 2.28. The average molecular weight is 245 g/mol. The van der Waals surface area contributed by atoms with Crippen molar-refractivity contribution in [1.82, 2.24) is 0 Å². The molecule has 3 nitrogen and oxygen atoms in total. The summed E-state index contributed by atoms with van der Waals surface area (Å²) in [4.78, 5) is 0. The highest BCUT2D eigenvalue weighted by Crippen LogP contribution is 2.20. The lowest BCUT2D eigenvalue weighted by molar-refractivity contribution is -0.149. The third kappa shape index (κ3) is 3.73. The Morgan fingerprint density at radius 1 is 1.12 bits per heavy atom. The highest BCUT2D eigenvalue weighted by atomic mass is 19.2. The smallest absolute Gasteiger partial charge is 0.176 e. The highest BCUT2D eigenvalue weighted by Gasteiger charge is 2.21. The molecule has 0 aromatic heterocycles. The van der Waals surface area contributed by atoms with Crippen LogP contribution in [0, 0.1) is 11.6 Å². The molecule has 2 N–H and O–H groups in total. The summed E-state index contributed by atoms with van der Waals surface area (Å²) < 4.78 is 36.5. The van der Waals surface area contributed by atoms with E-state index in [0.717, 1.165) is 12.1 Å². The second-order valence-corrected chi connectivity index (χ2v) is 3.48. The predicted molar refractivity (Wildman–Crippen MR) is 60.3 cm³/mol. The van der Waals surface area contributed by atoms with Gasteiger partial charge in [-0.25, -0.2) is 8.78 Å². The quantitative estimate of drug-likeness (QED) is 0.782. The van der Waals surface area contributed by atoms with E-state index in [4.69, 9.17) is 15.2 Å². The predicted octanol–water partition coefficient (Wildman–Crippen LogP) is 2.36. The van der Waals surface area contributed by atoms with Crippen molar-refractivity contribution in [2.75, 3.05) is 13.2 Å². The summed E-state index contributed by atoms with van der Waals surface area (Å²) in [5.41, 5.74) is 6.33. The van der Waals surface area contributed by atoms with Crippen molar-refractivity contribution in [3.8, 4) is 0 Å². The maximum Gasteiger partial charge on any atom is 0.176 e. The van der Waals surface area contributed by atoms with E-state index in [1.807, 2.05) is 13.8 Å². The van der Waals surface area contributed by atoms with Crippen LogP contribution >= 0.6 is 0 Å². The molecule has 5 heteroatoms. The van der Waals surface area contributed by atoms with Gasteiger partial charge < -0.3 is 15.2 Å². The highest BCUT2D eigenvalue weighted by molar-refractivity contribution is 5.21. The topological polar surface area (TPSA) is 44.5 Å². The first-order chi connectivity index (χ1) is 8.10. The standard InChI is InChI=1S/C12H17F2NO2/c1-3-16-12(17-4-2)11(15)8-5-6-9(13)10(14)7-8/h5-7,11-12H,3-4,15H2,1-2H3. The number of rotatable bonds is 6. The van der Waals surface area contributed by atoms with Crippen molar-refractivity contribution in [2.24, 2.45) is 5.73 Å². The Kier molecular flexibility index (Phi) is 5.47. The van der Waals surface area contributed by atoms with Gasteiger partial charge in [-0.15, -0.1) is 0 Å². The number of hydrogen-bond donors (Lipinski definition) is 1. The van der Waals surface area contributed by atoms with Gasteiger partial charge >= 0.3 is 0 Å². The number of benzene rings is 1. The fourth-order valence-electron chi connectivity index (χ4n) is 1.46. The molecular formula is C12H17F2NO2. The molecule has 1 aromatic carbocycles. The third-order valence-electron chi connectivity index (χ3n) is 2.28. The van der Waals surface area contributed by atoms with Crippen molar-refractivity contribution >= 4 is 0 Å². The van der Waals surface area contributed by atoms with E-state index in [2.05, 4.69) is 0 Å². The van der Waals surface area contributed by atoms with E-state index in [0.29, 0.717) is 18.8 Å². The Morgan fingerprint density at radius 3 is 2.18 bits per heavy atom. The van der Waals surface area contributed by atoms with E-state index in [-0.39, 0.29) is 0 Å². The van der Waals surface area contributed by atoms with E-state index in [1.54, 1.807) is 0 Å². The molecule has 0 heterocycles. The largest absolute Gasteiger partial charge is 0.351 e. The van der Waals surface area contributed by atoms with Crippen molar-refractivity contribution in [1.29, 1.82) is 0 Å². The number of nitrogens with two attached hydrogens (primary N) is 1. The van der Waals surface area contributed by atoms with Gasteiger partial charge in [-0.1, -0.05) is 6.07 Å². The van der Waals surface area contributed by atoms with Crippen molar-refractivity contribution in [3.05, 3.63) is 35.4 Å². The van der Waals surface area contributed by atoms with Crippen LogP contribution in [0.3, 0.4) is 0 Å². The molecule has 0 aliphatic heterocycles. The fraction of sp³-hybridized carbons (Fsp3) is 0.500. The van der Waals surface area contributed by atoms with Crippen LogP contribution in [0.4, 0.5) is 8.78 Å². The minimum absolute atomic E-state index is 0.433. The van der Waals surface area contributed by atoms with Gasteiger partial charge in [0.2, 0.25) is 0 Å². The lowest BCUT2D eigenvalue weighted by Gasteiger charge is -2.23. The number of ether oxygens (including phenoxy) is 2. The van der Waals surface area contributed by atoms with Crippen LogP contribution in [0.15, 0.2) is 18.2 Å². The minimum Gasteiger partial charge on any atom is -0.351 e. The van der Waals surface area contributed by atoms with Crippen LogP contribution in [0.5, 0.6) is 0 Å². The van der Waals surface area contributed by atoms with Gasteiger partial charge in [0.25, 0.3) is 0 Å². The van der Waals surface area contributed by atoms with Crippen LogP contribution in [-0.4, -0.2) is 19.5 Å². The van der Waals surface area contributed by atoms with Crippen molar-refractivity contribution < 1.29 is 18.3 Å². The lowest BCUT2D eigenvalue weighted by Crippen LogP contribution is -2.31. The maximum atomic E-state index is 13.1. The summed E-state index contributed by atoms with van der Waals surface area (Å²) in [5.74, 6) is -1.82. The molecule has 0 saturated carbocycles. The SMILES string of the molecule is CCOC(OCC)C(N)c1ccc(F)c(F)c1. The molecule has 0 radical (unpaired) electrons. The fourth-order valence-corrected chi connectivity index (χ4v) is 1.46. The molecule has 1 rings (SSSR count). The Balaban J connectivity index is 2.84. The van der Waals surface area contributed by atoms with Gasteiger partial charge in [0.1, 0.15) is 0 Å². The molecule has 0 fully saturated rings. The van der Waals surface area contributed by atoms with Gasteiger partial charge in [0.15, 0.2) is 17.9 Å². The normalized spacial score (nSPS) is 13.1. The van der Waals surface area contributed by atoms with Gasteiger partial charge in [-0.05, 0) is 31.5 Å². The van der Waals surface area contributed by atoms with E-state index < -0.39 is 24.0 Å². The molecule has 1 atom stereocenters. The summed E-state index contributed by atoms with van der Waals surface area (Å²) in [6, 6.07) is 2.88. The van der Waals surface area contributed by atoms with Crippen LogP contribution in [0.25, 0.3) is 0 Å². The van der Waals surface area contributed by atoms with E-state index in [1.165, 1.54) is 6.07 Å². The number of hydrogen-bond acceptors (Lipinski definition) is 3. The molecule has 1 unspecified atom stereocenters. The van der Waals surface area contributed by atoms with Crippen LogP contribution in [0.2, 0.25) is 0 Å². The lowest BCUT2D eigenvalue weighted by atomic mass is 10.1. The first kappa shape index (κ1) is 14.0. The Labute approximate surface area is 99.5 Å². The monoisotopic (exact) mass is 245 g/mol. The average Bonchev–Trinajstić information content (AvgIpc) is 2.31. The Hall–Kier alpha value is -1.04. The minimum atomic E-state index is -0.926. The summed E-state index contributed by atoms with van der Waals surface area (Å²) in [5, 5.41) is 0. The van der Waals surface area contributed by atoms with Gasteiger partial charge in [0, 0.05) is 13.2 Å². The van der Waals surface area contributed by atoms with Crippen molar-refractivity contribution in [3.63, 3.8) is 0 Å². The molecule has 1 aromatic rings. The van der Waals surface area contributed by atoms with E-state index >= 15 is 0 Å². The van der Waals surface area contributed by atoms with Crippen LogP contribution < -0.4 is 5.73 Å². The molecule has 0 spiro atoms. The van der Waals surface area contributed by atoms with Gasteiger partial charge in [0.05, 0.1) is 6.04 Å². The zero-order valence-electron chi connectivity index (χ0n) is 9.95. The first-order valence-electron chi connectivity index (χ1n) is 5.53. The van der Waals surface area contributed by atoms with E-state index in [9.17, 15) is 8.78 Å². The summed E-state index contributed by atoms with van der Waals surface area (Å²) >= 11 is 0. The number of halogens is 2. The molecule has 0 saturated heterocycles. The maximum absolute atomic E-state index is 13.1. The first-order valence-corrected chi connectivity index (χ1v) is 5.53. The van der Waals surface area contributed by atoms with Crippen molar-refractivity contribution in [2.45, 2.75) is 26.2 Å². The summed E-state index contributed by atoms with van der Waals surface area (Å²) in [7, 11) is 0. The van der Waals surface area contributed by atoms with Crippen LogP contribution in [0.1, 0.15) is 25.5 Å². The Morgan fingerprint density at radius 2 is 1.71 bits per heavy atom. The zero-order chi connectivity index (χ0) is 12.8. The van der Waals surface area contributed by atoms with Crippen LogP contribution in [-0.2, 0) is 9.47 Å². The Bertz CT molecular complexity index is 354. The second-order valence-electron chi connectivity index (χ2n) is 3.48. The van der Waals surface area contributed by atoms with Gasteiger partial charge in [-0.2, -0.15) is 0 Å². The summed E-state index contributed by atoms with van der Waals surface area (Å²) in [6.07, 6.45) is -0.658.